The van der Waals surface area contributed by atoms with E-state index >= 15 is 0 Å². The van der Waals surface area contributed by atoms with Gasteiger partial charge < -0.3 is 5.32 Å². The maximum absolute atomic E-state index is 12.2. The molecule has 1 aromatic heterocycles. The molecule has 3 rings (SSSR count). The Hall–Kier alpha value is -1.91. The van der Waals surface area contributed by atoms with E-state index in [0.717, 1.165) is 41.3 Å². The molecule has 1 fully saturated rings. The van der Waals surface area contributed by atoms with Crippen molar-refractivity contribution in [2.75, 3.05) is 5.32 Å². The van der Waals surface area contributed by atoms with Gasteiger partial charge in [0.15, 0.2) is 4.34 Å². The summed E-state index contributed by atoms with van der Waals surface area (Å²) in [6, 6.07) is 9.67. The van der Waals surface area contributed by atoms with Gasteiger partial charge in [-0.25, -0.2) is 0 Å². The quantitative estimate of drug-likeness (QED) is 0.639. The molecule has 24 heavy (non-hydrogen) atoms. The summed E-state index contributed by atoms with van der Waals surface area (Å²) in [4.78, 5) is 12.2. The first-order valence-corrected chi connectivity index (χ1v) is 9.81. The lowest BCUT2D eigenvalue weighted by Crippen LogP contribution is -2.24. The zero-order valence-electron chi connectivity index (χ0n) is 13.2. The van der Waals surface area contributed by atoms with Crippen LogP contribution in [0.5, 0.6) is 0 Å². The first kappa shape index (κ1) is 16.9. The maximum atomic E-state index is 12.2. The molecule has 124 valence electrons. The summed E-state index contributed by atoms with van der Waals surface area (Å²) in [5.41, 5.74) is 1.73. The minimum atomic E-state index is 0.0733. The van der Waals surface area contributed by atoms with E-state index in [1.165, 1.54) is 17.8 Å². The molecule has 0 atom stereocenters. The van der Waals surface area contributed by atoms with E-state index in [0.29, 0.717) is 10.7 Å². The number of benzene rings is 1. The highest BCUT2D eigenvalue weighted by atomic mass is 32.2. The normalized spacial score (nSPS) is 15.0. The molecular weight excluding hydrogens is 340 g/mol. The van der Waals surface area contributed by atoms with Crippen molar-refractivity contribution in [1.29, 1.82) is 5.26 Å². The van der Waals surface area contributed by atoms with E-state index < -0.39 is 0 Å². The van der Waals surface area contributed by atoms with Crippen LogP contribution in [0.2, 0.25) is 0 Å². The number of amides is 1. The number of carbonyl (C=O) groups excluding carboxylic acids is 1. The molecular formula is C17H18N4OS2. The third kappa shape index (κ3) is 4.56. The average Bonchev–Trinajstić information content (AvgIpc) is 3.08. The SMILES string of the molecule is N#Cc1cccc(CSc2nnc(NC(=O)C3CCCCC3)s2)c1. The second kappa shape index (κ2) is 8.27. The van der Waals surface area contributed by atoms with Gasteiger partial charge in [-0.2, -0.15) is 5.26 Å². The number of thioether (sulfide) groups is 1. The fourth-order valence-electron chi connectivity index (χ4n) is 2.77. The number of hydrogen-bond donors (Lipinski definition) is 1. The second-order valence-electron chi connectivity index (χ2n) is 5.80. The largest absolute Gasteiger partial charge is 0.300 e. The lowest BCUT2D eigenvalue weighted by molar-refractivity contribution is -0.120. The van der Waals surface area contributed by atoms with E-state index in [4.69, 9.17) is 5.26 Å². The van der Waals surface area contributed by atoms with Gasteiger partial charge in [0.05, 0.1) is 11.6 Å². The number of aromatic nitrogens is 2. The van der Waals surface area contributed by atoms with Crippen molar-refractivity contribution >= 4 is 34.1 Å². The Balaban J connectivity index is 1.53. The fraction of sp³-hybridized carbons (Fsp3) is 0.412. The zero-order chi connectivity index (χ0) is 16.8. The van der Waals surface area contributed by atoms with Gasteiger partial charge in [-0.1, -0.05) is 54.5 Å². The molecule has 1 aromatic carbocycles. The highest BCUT2D eigenvalue weighted by Gasteiger charge is 2.22. The molecule has 0 spiro atoms. The first-order valence-electron chi connectivity index (χ1n) is 8.01. The molecule has 5 nitrogen and oxygen atoms in total. The number of hydrogen-bond acceptors (Lipinski definition) is 6. The number of nitrogens with one attached hydrogen (secondary N) is 1. The van der Waals surface area contributed by atoms with Gasteiger partial charge in [-0.15, -0.1) is 10.2 Å². The highest BCUT2D eigenvalue weighted by Crippen LogP contribution is 2.30. The van der Waals surface area contributed by atoms with Gasteiger partial charge >= 0.3 is 0 Å². The number of nitriles is 1. The van der Waals surface area contributed by atoms with E-state index in [1.807, 2.05) is 18.2 Å². The van der Waals surface area contributed by atoms with Crippen LogP contribution in [0.3, 0.4) is 0 Å². The average molecular weight is 358 g/mol. The monoisotopic (exact) mass is 358 g/mol. The lowest BCUT2D eigenvalue weighted by atomic mass is 9.89. The molecule has 0 bridgehead atoms. The van der Waals surface area contributed by atoms with Crippen LogP contribution in [0.15, 0.2) is 28.6 Å². The van der Waals surface area contributed by atoms with Crippen LogP contribution >= 0.6 is 23.1 Å². The third-order valence-electron chi connectivity index (χ3n) is 4.03. The molecule has 7 heteroatoms. The molecule has 0 radical (unpaired) electrons. The van der Waals surface area contributed by atoms with Gasteiger partial charge in [0, 0.05) is 11.7 Å². The minimum absolute atomic E-state index is 0.0733. The van der Waals surface area contributed by atoms with Crippen molar-refractivity contribution in [3.63, 3.8) is 0 Å². The van der Waals surface area contributed by atoms with Gasteiger partial charge in [0.2, 0.25) is 11.0 Å². The van der Waals surface area contributed by atoms with Gasteiger partial charge in [-0.05, 0) is 30.5 Å². The van der Waals surface area contributed by atoms with Crippen molar-refractivity contribution < 1.29 is 4.79 Å². The molecule has 0 saturated heterocycles. The molecule has 1 amide bonds. The molecule has 0 unspecified atom stereocenters. The van der Waals surface area contributed by atoms with E-state index in [2.05, 4.69) is 21.6 Å². The van der Waals surface area contributed by atoms with Crippen LogP contribution in [0, 0.1) is 17.2 Å². The highest BCUT2D eigenvalue weighted by molar-refractivity contribution is 8.00. The zero-order valence-corrected chi connectivity index (χ0v) is 14.8. The Labute approximate surface area is 149 Å². The van der Waals surface area contributed by atoms with Gasteiger partial charge in [-0.3, -0.25) is 4.79 Å². The molecule has 1 N–H and O–H groups in total. The van der Waals surface area contributed by atoms with Crippen molar-refractivity contribution in [2.45, 2.75) is 42.2 Å². The van der Waals surface area contributed by atoms with E-state index in [1.54, 1.807) is 17.8 Å². The Morgan fingerprint density at radius 2 is 2.17 bits per heavy atom. The molecule has 1 aliphatic carbocycles. The summed E-state index contributed by atoms with van der Waals surface area (Å²) in [5.74, 6) is 0.914. The number of anilines is 1. The van der Waals surface area contributed by atoms with Crippen LogP contribution in [0.4, 0.5) is 5.13 Å². The molecule has 1 aliphatic rings. The number of nitrogens with zero attached hydrogens (tertiary/aromatic N) is 3. The smallest absolute Gasteiger partial charge is 0.229 e. The van der Waals surface area contributed by atoms with Crippen molar-refractivity contribution in [3.05, 3.63) is 35.4 Å². The molecule has 1 heterocycles. The summed E-state index contributed by atoms with van der Waals surface area (Å²) in [7, 11) is 0. The summed E-state index contributed by atoms with van der Waals surface area (Å²) < 4.78 is 0.816. The van der Waals surface area contributed by atoms with Crippen molar-refractivity contribution in [3.8, 4) is 6.07 Å². The minimum Gasteiger partial charge on any atom is -0.300 e. The maximum Gasteiger partial charge on any atom is 0.229 e. The third-order valence-corrected chi connectivity index (χ3v) is 6.07. The van der Waals surface area contributed by atoms with Crippen LogP contribution in [-0.2, 0) is 10.5 Å². The topological polar surface area (TPSA) is 78.7 Å². The number of rotatable bonds is 5. The Morgan fingerprint density at radius 1 is 1.33 bits per heavy atom. The first-order chi connectivity index (χ1) is 11.7. The summed E-state index contributed by atoms with van der Waals surface area (Å²) in [6.45, 7) is 0. The summed E-state index contributed by atoms with van der Waals surface area (Å²) in [6.07, 6.45) is 5.45. The summed E-state index contributed by atoms with van der Waals surface area (Å²) in [5, 5.41) is 20.6. The standard InChI is InChI=1S/C17H18N4OS2/c18-10-12-5-4-6-13(9-12)11-23-17-21-20-16(24-17)19-15(22)14-7-2-1-3-8-14/h4-6,9,14H,1-3,7-8,11H2,(H,19,20,22). The lowest BCUT2D eigenvalue weighted by Gasteiger charge is -2.19. The van der Waals surface area contributed by atoms with Gasteiger partial charge in [0.1, 0.15) is 0 Å². The second-order valence-corrected chi connectivity index (χ2v) is 8.00. The molecule has 1 saturated carbocycles. The van der Waals surface area contributed by atoms with E-state index in [9.17, 15) is 4.79 Å². The predicted octanol–water partition coefficient (Wildman–Crippen LogP) is 4.22. The van der Waals surface area contributed by atoms with Crippen LogP contribution in [0.1, 0.15) is 43.2 Å². The van der Waals surface area contributed by atoms with Crippen LogP contribution in [-0.4, -0.2) is 16.1 Å². The van der Waals surface area contributed by atoms with E-state index in [-0.39, 0.29) is 11.8 Å². The van der Waals surface area contributed by atoms with Gasteiger partial charge in [0.25, 0.3) is 0 Å². The predicted molar refractivity (Wildman–Crippen MR) is 95.8 cm³/mol. The Bertz CT molecular complexity index is 747. The molecule has 2 aromatic rings. The van der Waals surface area contributed by atoms with Crippen LogP contribution in [0.25, 0.3) is 0 Å². The van der Waals surface area contributed by atoms with Crippen molar-refractivity contribution in [1.82, 2.24) is 10.2 Å². The van der Waals surface area contributed by atoms with Crippen LogP contribution < -0.4 is 5.32 Å². The summed E-state index contributed by atoms with van der Waals surface area (Å²) >= 11 is 2.96. The Kier molecular flexibility index (Phi) is 5.83. The fourth-order valence-corrected chi connectivity index (χ4v) is 4.46. The molecule has 0 aliphatic heterocycles. The Morgan fingerprint density at radius 3 is 2.96 bits per heavy atom. The van der Waals surface area contributed by atoms with Crippen molar-refractivity contribution in [2.24, 2.45) is 5.92 Å². The number of carbonyl (C=O) groups is 1.